The first-order chi connectivity index (χ1) is 7.15. The van der Waals surface area contributed by atoms with Crippen molar-refractivity contribution in [3.63, 3.8) is 0 Å². The second-order valence-corrected chi connectivity index (χ2v) is 3.43. The smallest absolute Gasteiger partial charge is 0.324 e. The van der Waals surface area contributed by atoms with Crippen molar-refractivity contribution in [1.29, 1.82) is 0 Å². The minimum atomic E-state index is 0.0539. The van der Waals surface area contributed by atoms with Gasteiger partial charge in [-0.2, -0.15) is 9.97 Å². The first kappa shape index (κ1) is 12.0. The molecule has 0 aliphatic heterocycles. The van der Waals surface area contributed by atoms with E-state index in [0.717, 1.165) is 12.8 Å². The van der Waals surface area contributed by atoms with Crippen LogP contribution < -0.4 is 9.47 Å². The maximum atomic E-state index is 5.67. The van der Waals surface area contributed by atoms with Gasteiger partial charge in [0.2, 0.25) is 5.28 Å². The van der Waals surface area contributed by atoms with Crippen LogP contribution in [0.1, 0.15) is 26.7 Å². The van der Waals surface area contributed by atoms with Crippen LogP contribution in [0.15, 0.2) is 0 Å². The fraction of sp³-hybridized carbons (Fsp3) is 0.667. The summed E-state index contributed by atoms with van der Waals surface area (Å²) >= 11 is 5.67. The number of rotatable bonds is 5. The van der Waals surface area contributed by atoms with E-state index in [2.05, 4.69) is 21.9 Å². The van der Waals surface area contributed by atoms with Crippen LogP contribution in [0.3, 0.4) is 0 Å². The Balaban J connectivity index is 2.71. The molecular weight excluding hydrogens is 218 g/mol. The Kier molecular flexibility index (Phi) is 4.55. The highest BCUT2D eigenvalue weighted by Crippen LogP contribution is 2.14. The summed E-state index contributed by atoms with van der Waals surface area (Å²) < 4.78 is 10.3. The van der Waals surface area contributed by atoms with Crippen LogP contribution >= 0.6 is 11.6 Å². The third-order valence-corrected chi connectivity index (χ3v) is 1.92. The molecule has 0 bridgehead atoms. The minimum Gasteiger partial charge on any atom is -0.467 e. The largest absolute Gasteiger partial charge is 0.467 e. The molecule has 1 aromatic heterocycles. The number of hydrogen-bond donors (Lipinski definition) is 0. The Labute approximate surface area is 93.8 Å². The zero-order valence-corrected chi connectivity index (χ0v) is 9.78. The molecule has 1 aromatic rings. The molecule has 0 radical (unpaired) electrons. The number of halogens is 1. The zero-order valence-electron chi connectivity index (χ0n) is 9.03. The van der Waals surface area contributed by atoms with Gasteiger partial charge in [0.15, 0.2) is 0 Å². The SMILES string of the molecule is CCCC(C)Oc1nc(Cl)nc(OC)n1. The van der Waals surface area contributed by atoms with E-state index >= 15 is 0 Å². The molecule has 0 aromatic carbocycles. The number of aromatic nitrogens is 3. The summed E-state index contributed by atoms with van der Waals surface area (Å²) in [7, 11) is 1.46. The third kappa shape index (κ3) is 3.87. The van der Waals surface area contributed by atoms with E-state index in [9.17, 15) is 0 Å². The lowest BCUT2D eigenvalue weighted by Gasteiger charge is -2.11. The average Bonchev–Trinajstić information content (AvgIpc) is 2.17. The molecule has 0 fully saturated rings. The highest BCUT2D eigenvalue weighted by atomic mass is 35.5. The first-order valence-electron chi connectivity index (χ1n) is 4.78. The fourth-order valence-electron chi connectivity index (χ4n) is 1.10. The summed E-state index contributed by atoms with van der Waals surface area (Å²) in [6, 6.07) is 0.362. The van der Waals surface area contributed by atoms with Gasteiger partial charge in [-0.05, 0) is 24.9 Å². The van der Waals surface area contributed by atoms with Gasteiger partial charge in [-0.15, -0.1) is 4.98 Å². The summed E-state index contributed by atoms with van der Waals surface area (Å²) in [5, 5.41) is 0.0700. The molecule has 0 N–H and O–H groups in total. The highest BCUT2D eigenvalue weighted by Gasteiger charge is 2.09. The van der Waals surface area contributed by atoms with Crippen LogP contribution in [0.2, 0.25) is 5.28 Å². The lowest BCUT2D eigenvalue weighted by Crippen LogP contribution is -2.13. The van der Waals surface area contributed by atoms with Crippen molar-refractivity contribution in [2.75, 3.05) is 7.11 Å². The van der Waals surface area contributed by atoms with E-state index < -0.39 is 0 Å². The predicted molar refractivity (Wildman–Crippen MR) is 56.4 cm³/mol. The summed E-state index contributed by atoms with van der Waals surface area (Å²) in [5.74, 6) is 0. The Morgan fingerprint density at radius 2 is 1.93 bits per heavy atom. The highest BCUT2D eigenvalue weighted by molar-refractivity contribution is 6.28. The van der Waals surface area contributed by atoms with E-state index in [-0.39, 0.29) is 23.4 Å². The number of ether oxygens (including phenoxy) is 2. The van der Waals surface area contributed by atoms with Crippen molar-refractivity contribution in [3.05, 3.63) is 5.28 Å². The van der Waals surface area contributed by atoms with E-state index in [4.69, 9.17) is 21.1 Å². The van der Waals surface area contributed by atoms with E-state index in [1.54, 1.807) is 0 Å². The molecule has 15 heavy (non-hydrogen) atoms. The van der Waals surface area contributed by atoms with E-state index in [0.29, 0.717) is 0 Å². The van der Waals surface area contributed by atoms with Gasteiger partial charge in [-0.25, -0.2) is 0 Å². The molecule has 0 saturated carbocycles. The van der Waals surface area contributed by atoms with Gasteiger partial charge in [-0.1, -0.05) is 13.3 Å². The van der Waals surface area contributed by atoms with Gasteiger partial charge in [0.1, 0.15) is 0 Å². The van der Waals surface area contributed by atoms with Gasteiger partial charge < -0.3 is 9.47 Å². The van der Waals surface area contributed by atoms with Gasteiger partial charge in [-0.3, -0.25) is 0 Å². The molecule has 5 nitrogen and oxygen atoms in total. The Morgan fingerprint density at radius 1 is 1.27 bits per heavy atom. The van der Waals surface area contributed by atoms with Crippen LogP contribution in [0.5, 0.6) is 12.0 Å². The number of hydrogen-bond acceptors (Lipinski definition) is 5. The molecule has 0 aliphatic carbocycles. The van der Waals surface area contributed by atoms with Gasteiger partial charge in [0, 0.05) is 0 Å². The molecule has 1 rings (SSSR count). The second kappa shape index (κ2) is 5.70. The second-order valence-electron chi connectivity index (χ2n) is 3.09. The number of nitrogens with zero attached hydrogens (tertiary/aromatic N) is 3. The predicted octanol–water partition coefficient (Wildman–Crippen LogP) is 2.10. The van der Waals surface area contributed by atoms with Crippen LogP contribution in [0.25, 0.3) is 0 Å². The normalized spacial score (nSPS) is 12.3. The Morgan fingerprint density at radius 3 is 2.53 bits per heavy atom. The molecule has 0 spiro atoms. The molecule has 1 atom stereocenters. The van der Waals surface area contributed by atoms with Gasteiger partial charge in [0.05, 0.1) is 13.2 Å². The third-order valence-electron chi connectivity index (χ3n) is 1.75. The van der Waals surface area contributed by atoms with Crippen molar-refractivity contribution in [2.24, 2.45) is 0 Å². The average molecular weight is 232 g/mol. The minimum absolute atomic E-state index is 0.0539. The van der Waals surface area contributed by atoms with Crippen molar-refractivity contribution < 1.29 is 9.47 Å². The molecule has 1 unspecified atom stereocenters. The molecular formula is C9H14ClN3O2. The molecule has 0 saturated heterocycles. The molecule has 0 amide bonds. The van der Waals surface area contributed by atoms with E-state index in [1.165, 1.54) is 7.11 Å². The van der Waals surface area contributed by atoms with Crippen LogP contribution in [-0.2, 0) is 0 Å². The molecule has 6 heteroatoms. The summed E-state index contributed by atoms with van der Waals surface area (Å²) in [4.78, 5) is 11.5. The number of methoxy groups -OCH3 is 1. The molecule has 1 heterocycles. The topological polar surface area (TPSA) is 57.1 Å². The summed E-state index contributed by atoms with van der Waals surface area (Å²) in [5.41, 5.74) is 0. The fourth-order valence-corrected chi connectivity index (χ4v) is 1.25. The monoisotopic (exact) mass is 231 g/mol. The Hall–Kier alpha value is -1.10. The summed E-state index contributed by atoms with van der Waals surface area (Å²) in [6.07, 6.45) is 2.03. The van der Waals surface area contributed by atoms with Crippen molar-refractivity contribution >= 4 is 11.6 Å². The van der Waals surface area contributed by atoms with Crippen molar-refractivity contribution in [1.82, 2.24) is 15.0 Å². The maximum Gasteiger partial charge on any atom is 0.324 e. The van der Waals surface area contributed by atoms with Crippen LogP contribution in [0, 0.1) is 0 Å². The molecule has 0 aliphatic rings. The van der Waals surface area contributed by atoms with Gasteiger partial charge in [0.25, 0.3) is 0 Å². The van der Waals surface area contributed by atoms with Gasteiger partial charge >= 0.3 is 12.0 Å². The van der Waals surface area contributed by atoms with E-state index in [1.807, 2.05) is 6.92 Å². The lowest BCUT2D eigenvalue weighted by molar-refractivity contribution is 0.188. The summed E-state index contributed by atoms with van der Waals surface area (Å²) in [6.45, 7) is 4.04. The first-order valence-corrected chi connectivity index (χ1v) is 5.15. The molecule has 84 valence electrons. The van der Waals surface area contributed by atoms with Crippen LogP contribution in [-0.4, -0.2) is 28.2 Å². The van der Waals surface area contributed by atoms with Crippen LogP contribution in [0.4, 0.5) is 0 Å². The standard InChI is InChI=1S/C9H14ClN3O2/c1-4-5-6(2)15-9-12-7(10)11-8(13-9)14-3/h6H,4-5H2,1-3H3. The lowest BCUT2D eigenvalue weighted by atomic mass is 10.2. The maximum absolute atomic E-state index is 5.67. The Bertz CT molecular complexity index is 322. The van der Waals surface area contributed by atoms with Crippen molar-refractivity contribution in [3.8, 4) is 12.0 Å². The van der Waals surface area contributed by atoms with Crippen molar-refractivity contribution in [2.45, 2.75) is 32.8 Å². The zero-order chi connectivity index (χ0) is 11.3. The quantitative estimate of drug-likeness (QED) is 0.777.